The summed E-state index contributed by atoms with van der Waals surface area (Å²) in [5.74, 6) is 1.65. The number of carbonyl (C=O) groups is 2. The standard InChI is InChI=1S/C28H34N4O4/c33-26(11-10-25-9-6-20-36-25)30-21-27(34)31-16-12-24(13-17-31)28-29-14-18-32(28)15-4-5-19-35-22-23-7-2-1-3-8-23/h1-3,6-11,14,18,20,24H,4-5,12-13,15-17,19,21-22H2,(H,30,33). The van der Waals surface area contributed by atoms with Gasteiger partial charge < -0.3 is 23.9 Å². The number of aromatic nitrogens is 2. The van der Waals surface area contributed by atoms with E-state index in [1.165, 1.54) is 11.6 Å². The first-order valence-electron chi connectivity index (χ1n) is 12.6. The van der Waals surface area contributed by atoms with Gasteiger partial charge in [-0.1, -0.05) is 30.3 Å². The molecule has 3 aromatic rings. The largest absolute Gasteiger partial charge is 0.465 e. The molecule has 0 unspecified atom stereocenters. The zero-order valence-electron chi connectivity index (χ0n) is 20.6. The summed E-state index contributed by atoms with van der Waals surface area (Å²) in [5.41, 5.74) is 1.20. The lowest BCUT2D eigenvalue weighted by Crippen LogP contribution is -2.43. The van der Waals surface area contributed by atoms with Gasteiger partial charge in [0.05, 0.1) is 19.4 Å². The van der Waals surface area contributed by atoms with E-state index in [1.54, 1.807) is 24.5 Å². The third-order valence-electron chi connectivity index (χ3n) is 6.37. The normalized spacial score (nSPS) is 14.4. The van der Waals surface area contributed by atoms with Crippen molar-refractivity contribution in [1.29, 1.82) is 0 Å². The van der Waals surface area contributed by atoms with Crippen LogP contribution in [0.25, 0.3) is 6.08 Å². The Labute approximate surface area is 212 Å². The summed E-state index contributed by atoms with van der Waals surface area (Å²) in [5, 5.41) is 2.65. The minimum absolute atomic E-state index is 0.00698. The van der Waals surface area contributed by atoms with E-state index < -0.39 is 0 Å². The first-order valence-corrected chi connectivity index (χ1v) is 12.6. The van der Waals surface area contributed by atoms with Gasteiger partial charge in [-0.2, -0.15) is 0 Å². The second kappa shape index (κ2) is 13.4. The lowest BCUT2D eigenvalue weighted by molar-refractivity contribution is -0.133. The molecule has 1 aliphatic heterocycles. The number of aryl methyl sites for hydroxylation is 1. The van der Waals surface area contributed by atoms with Gasteiger partial charge >= 0.3 is 0 Å². The molecule has 0 aliphatic carbocycles. The second-order valence-corrected chi connectivity index (χ2v) is 8.95. The smallest absolute Gasteiger partial charge is 0.244 e. The highest BCUT2D eigenvalue weighted by molar-refractivity contribution is 5.94. The number of imidazole rings is 1. The maximum absolute atomic E-state index is 12.5. The van der Waals surface area contributed by atoms with Crippen molar-refractivity contribution >= 4 is 17.9 Å². The third kappa shape index (κ3) is 7.68. The Hall–Kier alpha value is -3.65. The molecule has 8 heteroatoms. The van der Waals surface area contributed by atoms with Crippen LogP contribution >= 0.6 is 0 Å². The van der Waals surface area contributed by atoms with Gasteiger partial charge in [0.1, 0.15) is 11.6 Å². The number of hydrogen-bond acceptors (Lipinski definition) is 5. The second-order valence-electron chi connectivity index (χ2n) is 8.95. The number of carbonyl (C=O) groups excluding carboxylic acids is 2. The van der Waals surface area contributed by atoms with Crippen molar-refractivity contribution in [3.05, 3.63) is 84.3 Å². The zero-order valence-corrected chi connectivity index (χ0v) is 20.6. The molecule has 1 saturated heterocycles. The predicted octanol–water partition coefficient (Wildman–Crippen LogP) is 4.01. The highest BCUT2D eigenvalue weighted by atomic mass is 16.5. The van der Waals surface area contributed by atoms with E-state index in [2.05, 4.69) is 27.0 Å². The van der Waals surface area contributed by atoms with E-state index in [1.807, 2.05) is 35.5 Å². The fourth-order valence-corrected chi connectivity index (χ4v) is 4.38. The van der Waals surface area contributed by atoms with Crippen LogP contribution < -0.4 is 5.32 Å². The molecular weight excluding hydrogens is 456 g/mol. The summed E-state index contributed by atoms with van der Waals surface area (Å²) >= 11 is 0. The van der Waals surface area contributed by atoms with Crippen LogP contribution in [0, 0.1) is 0 Å². The van der Waals surface area contributed by atoms with Gasteiger partial charge in [0, 0.05) is 50.6 Å². The van der Waals surface area contributed by atoms with Gasteiger partial charge in [-0.15, -0.1) is 0 Å². The minimum Gasteiger partial charge on any atom is -0.465 e. The Morgan fingerprint density at radius 2 is 1.94 bits per heavy atom. The number of ether oxygens (including phenoxy) is 1. The molecule has 0 spiro atoms. The number of furan rings is 1. The summed E-state index contributed by atoms with van der Waals surface area (Å²) < 4.78 is 13.2. The van der Waals surface area contributed by atoms with Crippen LogP contribution in [0.3, 0.4) is 0 Å². The topological polar surface area (TPSA) is 89.6 Å². The number of rotatable bonds is 12. The molecule has 0 atom stereocenters. The van der Waals surface area contributed by atoms with E-state index in [9.17, 15) is 9.59 Å². The first-order chi connectivity index (χ1) is 17.7. The molecule has 1 aromatic carbocycles. The van der Waals surface area contributed by atoms with Crippen LogP contribution in [0.15, 0.2) is 71.6 Å². The summed E-state index contributed by atoms with van der Waals surface area (Å²) in [4.78, 5) is 30.9. The average molecular weight is 491 g/mol. The van der Waals surface area contributed by atoms with Gasteiger partial charge in [0.15, 0.2) is 0 Å². The van der Waals surface area contributed by atoms with Crippen LogP contribution in [0.2, 0.25) is 0 Å². The van der Waals surface area contributed by atoms with Gasteiger partial charge in [-0.3, -0.25) is 9.59 Å². The Morgan fingerprint density at radius 3 is 2.72 bits per heavy atom. The van der Waals surface area contributed by atoms with Crippen molar-refractivity contribution in [2.75, 3.05) is 26.2 Å². The number of likely N-dealkylation sites (tertiary alicyclic amines) is 1. The summed E-state index contributed by atoms with van der Waals surface area (Å²) in [6.07, 6.45) is 12.2. The number of nitrogens with one attached hydrogen (secondary N) is 1. The van der Waals surface area contributed by atoms with Crippen LogP contribution in [-0.4, -0.2) is 52.5 Å². The molecule has 2 amide bonds. The van der Waals surface area contributed by atoms with Crippen molar-refractivity contribution in [2.45, 2.75) is 44.8 Å². The van der Waals surface area contributed by atoms with Gasteiger partial charge in [-0.25, -0.2) is 4.98 Å². The monoisotopic (exact) mass is 490 g/mol. The summed E-state index contributed by atoms with van der Waals surface area (Å²) in [7, 11) is 0. The van der Waals surface area contributed by atoms with Crippen molar-refractivity contribution in [3.63, 3.8) is 0 Å². The average Bonchev–Trinajstić information content (AvgIpc) is 3.61. The van der Waals surface area contributed by atoms with Crippen LogP contribution in [-0.2, 0) is 27.5 Å². The molecule has 0 bridgehead atoms. The molecular formula is C28H34N4O4. The number of unbranched alkanes of at least 4 members (excludes halogenated alkanes) is 1. The van der Waals surface area contributed by atoms with Crippen molar-refractivity contribution in [2.24, 2.45) is 0 Å². The molecule has 1 N–H and O–H groups in total. The first kappa shape index (κ1) is 25.4. The summed E-state index contributed by atoms with van der Waals surface area (Å²) in [6, 6.07) is 13.7. The fraction of sp³-hybridized carbons (Fsp3) is 0.393. The lowest BCUT2D eigenvalue weighted by Gasteiger charge is -2.32. The number of amides is 2. The molecule has 1 aliphatic rings. The van der Waals surface area contributed by atoms with E-state index in [-0.39, 0.29) is 18.4 Å². The summed E-state index contributed by atoms with van der Waals surface area (Å²) in [6.45, 7) is 3.64. The Bertz CT molecular complexity index is 1100. The maximum Gasteiger partial charge on any atom is 0.244 e. The van der Waals surface area contributed by atoms with E-state index in [0.717, 1.165) is 44.7 Å². The molecule has 190 valence electrons. The van der Waals surface area contributed by atoms with Crippen molar-refractivity contribution < 1.29 is 18.7 Å². The fourth-order valence-electron chi connectivity index (χ4n) is 4.38. The molecule has 3 heterocycles. The van der Waals surface area contributed by atoms with Crippen LogP contribution in [0.1, 0.15) is 48.7 Å². The molecule has 0 saturated carbocycles. The molecule has 1 fully saturated rings. The lowest BCUT2D eigenvalue weighted by atomic mass is 9.95. The Kier molecular flexibility index (Phi) is 9.50. The van der Waals surface area contributed by atoms with E-state index in [0.29, 0.717) is 31.4 Å². The number of piperidine rings is 1. The number of nitrogens with zero attached hydrogens (tertiary/aromatic N) is 3. The quantitative estimate of drug-likeness (QED) is 0.306. The molecule has 2 aromatic heterocycles. The number of benzene rings is 1. The van der Waals surface area contributed by atoms with Crippen molar-refractivity contribution in [3.8, 4) is 0 Å². The SMILES string of the molecule is O=C(C=Cc1ccco1)NCC(=O)N1CCC(c2nccn2CCCCOCc2ccccc2)CC1. The Morgan fingerprint density at radius 1 is 1.11 bits per heavy atom. The van der Waals surface area contributed by atoms with Crippen LogP contribution in [0.5, 0.6) is 0 Å². The van der Waals surface area contributed by atoms with Crippen molar-refractivity contribution in [1.82, 2.24) is 19.8 Å². The zero-order chi connectivity index (χ0) is 25.0. The molecule has 4 rings (SSSR count). The predicted molar refractivity (Wildman–Crippen MR) is 137 cm³/mol. The van der Waals surface area contributed by atoms with Crippen LogP contribution in [0.4, 0.5) is 0 Å². The molecule has 0 radical (unpaired) electrons. The molecule has 8 nitrogen and oxygen atoms in total. The van der Waals surface area contributed by atoms with Gasteiger partial charge in [0.2, 0.25) is 11.8 Å². The highest BCUT2D eigenvalue weighted by Crippen LogP contribution is 2.27. The Balaban J connectivity index is 1.13. The number of hydrogen-bond donors (Lipinski definition) is 1. The highest BCUT2D eigenvalue weighted by Gasteiger charge is 2.26. The maximum atomic E-state index is 12.5. The van der Waals surface area contributed by atoms with Gasteiger partial charge in [-0.05, 0) is 49.5 Å². The third-order valence-corrected chi connectivity index (χ3v) is 6.37. The molecule has 36 heavy (non-hydrogen) atoms. The van der Waals surface area contributed by atoms with E-state index in [4.69, 9.17) is 9.15 Å². The van der Waals surface area contributed by atoms with E-state index >= 15 is 0 Å². The minimum atomic E-state index is -0.317. The van der Waals surface area contributed by atoms with Gasteiger partial charge in [0.25, 0.3) is 0 Å².